The molecule has 0 saturated carbocycles. The molecule has 2 heterocycles. The number of guanidine groups is 1. The first kappa shape index (κ1) is 28.8. The van der Waals surface area contributed by atoms with Crippen LogP contribution in [0.2, 0.25) is 0 Å². The van der Waals surface area contributed by atoms with Gasteiger partial charge in [-0.15, -0.1) is 0 Å². The zero-order chi connectivity index (χ0) is 26.7. The van der Waals surface area contributed by atoms with E-state index in [0.29, 0.717) is 51.6 Å². The van der Waals surface area contributed by atoms with E-state index in [2.05, 4.69) is 26.3 Å². The second-order valence-corrected chi connectivity index (χ2v) is 9.05. The summed E-state index contributed by atoms with van der Waals surface area (Å²) in [5, 5.41) is 10.5. The molecule has 2 saturated heterocycles. The lowest BCUT2D eigenvalue weighted by molar-refractivity contribution is -0.142. The van der Waals surface area contributed by atoms with Gasteiger partial charge in [0, 0.05) is 13.1 Å². The second kappa shape index (κ2) is 14.2. The minimum absolute atomic E-state index is 0.0827. The summed E-state index contributed by atoms with van der Waals surface area (Å²) in [7, 11) is 0. The van der Waals surface area contributed by atoms with Crippen molar-refractivity contribution >= 4 is 35.5 Å². The molecule has 10 N–H and O–H groups in total. The quantitative estimate of drug-likeness (QED) is 0.0996. The third-order valence-corrected chi connectivity index (χ3v) is 6.17. The molecule has 0 aromatic heterocycles. The number of carbonyl (C=O) groups excluding carboxylic acids is 5. The maximum atomic E-state index is 13.1. The standard InChI is InChI=1S/C22H39N9O5/c1-13-21(36)31-11-5-8-16(31)20(35)30-14(7-4-10-26-22(24)25)18(33)27-12-17(32)29-15(19(34)28-13)6-2-3-9-23/h13-16H,2-12,23H2,1H3,(H,27,33)(H,28,34)(H,29,32)(H,30,35)(H4,24,25,26)/t13-,14+,15+,16-/m0/s1. The number of rotatable bonds is 8. The first-order valence-corrected chi connectivity index (χ1v) is 12.4. The van der Waals surface area contributed by atoms with Crippen molar-refractivity contribution in [3.05, 3.63) is 0 Å². The first-order chi connectivity index (χ1) is 17.1. The molecule has 5 amide bonds. The Hall–Kier alpha value is -3.42. The van der Waals surface area contributed by atoms with Crippen LogP contribution in [-0.4, -0.2) is 90.7 Å². The molecule has 0 aliphatic carbocycles. The summed E-state index contributed by atoms with van der Waals surface area (Å²) in [6, 6.07) is -3.53. The number of nitrogens with one attached hydrogen (secondary N) is 4. The Morgan fingerprint density at radius 3 is 2.33 bits per heavy atom. The molecule has 2 fully saturated rings. The highest BCUT2D eigenvalue weighted by molar-refractivity contribution is 5.97. The van der Waals surface area contributed by atoms with Gasteiger partial charge in [0.2, 0.25) is 29.5 Å². The number of nitrogens with two attached hydrogens (primary N) is 3. The van der Waals surface area contributed by atoms with E-state index >= 15 is 0 Å². The summed E-state index contributed by atoms with van der Waals surface area (Å²) in [4.78, 5) is 69.8. The van der Waals surface area contributed by atoms with E-state index in [0.717, 1.165) is 0 Å². The Kier molecular flexibility index (Phi) is 11.4. The van der Waals surface area contributed by atoms with E-state index in [-0.39, 0.29) is 25.5 Å². The van der Waals surface area contributed by atoms with Crippen LogP contribution in [0.4, 0.5) is 0 Å². The molecule has 36 heavy (non-hydrogen) atoms. The molecule has 0 aromatic carbocycles. The number of hydrogen-bond acceptors (Lipinski definition) is 7. The van der Waals surface area contributed by atoms with E-state index in [1.165, 1.54) is 4.90 Å². The molecule has 0 spiro atoms. The van der Waals surface area contributed by atoms with E-state index in [1.54, 1.807) is 6.92 Å². The summed E-state index contributed by atoms with van der Waals surface area (Å²) in [5.74, 6) is -2.61. The predicted molar refractivity (Wildman–Crippen MR) is 132 cm³/mol. The molecule has 4 atom stereocenters. The normalized spacial score (nSPS) is 26.1. The summed E-state index contributed by atoms with van der Waals surface area (Å²) < 4.78 is 0. The van der Waals surface area contributed by atoms with E-state index in [1.807, 2.05) is 0 Å². The zero-order valence-corrected chi connectivity index (χ0v) is 20.8. The molecular weight excluding hydrogens is 470 g/mol. The number of unbranched alkanes of at least 4 members (excludes halogenated alkanes) is 1. The molecule has 14 nitrogen and oxygen atoms in total. The van der Waals surface area contributed by atoms with Crippen molar-refractivity contribution in [3.8, 4) is 0 Å². The molecule has 0 aromatic rings. The van der Waals surface area contributed by atoms with Crippen molar-refractivity contribution in [2.45, 2.75) is 76.0 Å². The van der Waals surface area contributed by atoms with Crippen LogP contribution in [0.3, 0.4) is 0 Å². The number of hydrogen-bond donors (Lipinski definition) is 7. The molecule has 2 aliphatic rings. The number of aliphatic imine (C=N–C) groups is 1. The Morgan fingerprint density at radius 1 is 0.944 bits per heavy atom. The number of fused-ring (bicyclic) bond motifs is 1. The Labute approximate surface area is 210 Å². The molecule has 0 radical (unpaired) electrons. The molecule has 14 heteroatoms. The third-order valence-electron chi connectivity index (χ3n) is 6.17. The Morgan fingerprint density at radius 2 is 1.64 bits per heavy atom. The van der Waals surface area contributed by atoms with Crippen LogP contribution in [0.15, 0.2) is 4.99 Å². The molecular formula is C22H39N9O5. The Balaban J connectivity index is 2.25. The molecule has 0 unspecified atom stereocenters. The molecule has 2 aliphatic heterocycles. The van der Waals surface area contributed by atoms with Crippen molar-refractivity contribution in [3.63, 3.8) is 0 Å². The third kappa shape index (κ3) is 8.66. The lowest BCUT2D eigenvalue weighted by Crippen LogP contribution is -2.56. The van der Waals surface area contributed by atoms with Gasteiger partial charge in [-0.2, -0.15) is 0 Å². The first-order valence-electron chi connectivity index (χ1n) is 12.4. The van der Waals surface area contributed by atoms with Crippen molar-refractivity contribution in [1.29, 1.82) is 0 Å². The molecule has 202 valence electrons. The minimum Gasteiger partial charge on any atom is -0.370 e. The summed E-state index contributed by atoms with van der Waals surface area (Å²) in [5.41, 5.74) is 16.2. The molecule has 0 bridgehead atoms. The van der Waals surface area contributed by atoms with Gasteiger partial charge >= 0.3 is 0 Å². The fourth-order valence-corrected chi connectivity index (χ4v) is 4.27. The maximum absolute atomic E-state index is 13.1. The maximum Gasteiger partial charge on any atom is 0.245 e. The van der Waals surface area contributed by atoms with Gasteiger partial charge in [0.15, 0.2) is 5.96 Å². The number of amides is 5. The monoisotopic (exact) mass is 509 g/mol. The van der Waals surface area contributed by atoms with Crippen LogP contribution in [0.5, 0.6) is 0 Å². The fourth-order valence-electron chi connectivity index (χ4n) is 4.27. The summed E-state index contributed by atoms with van der Waals surface area (Å²) in [6.07, 6.45) is 3.24. The zero-order valence-electron chi connectivity index (χ0n) is 20.8. The SMILES string of the molecule is C[C@@H]1NC(=O)[C@@H](CCCCN)NC(=O)CNC(=O)[C@@H](CCCN=C(N)N)NC(=O)[C@@H]2CCCN2C1=O. The fraction of sp³-hybridized carbons (Fsp3) is 0.727. The van der Waals surface area contributed by atoms with E-state index in [9.17, 15) is 24.0 Å². The van der Waals surface area contributed by atoms with Crippen molar-refractivity contribution in [2.24, 2.45) is 22.2 Å². The van der Waals surface area contributed by atoms with Gasteiger partial charge in [-0.25, -0.2) is 0 Å². The highest BCUT2D eigenvalue weighted by Gasteiger charge is 2.38. The van der Waals surface area contributed by atoms with Crippen molar-refractivity contribution in [1.82, 2.24) is 26.2 Å². The van der Waals surface area contributed by atoms with Crippen molar-refractivity contribution in [2.75, 3.05) is 26.2 Å². The van der Waals surface area contributed by atoms with Crippen LogP contribution < -0.4 is 38.5 Å². The topological polar surface area (TPSA) is 227 Å². The van der Waals surface area contributed by atoms with Gasteiger partial charge < -0.3 is 43.4 Å². The van der Waals surface area contributed by atoms with Crippen LogP contribution in [-0.2, 0) is 24.0 Å². The van der Waals surface area contributed by atoms with Gasteiger partial charge in [0.25, 0.3) is 0 Å². The number of carbonyl (C=O) groups is 5. The van der Waals surface area contributed by atoms with Crippen LogP contribution in [0.1, 0.15) is 51.9 Å². The van der Waals surface area contributed by atoms with Gasteiger partial charge in [-0.3, -0.25) is 29.0 Å². The smallest absolute Gasteiger partial charge is 0.245 e. The van der Waals surface area contributed by atoms with Crippen LogP contribution in [0, 0.1) is 0 Å². The highest BCUT2D eigenvalue weighted by atomic mass is 16.2. The lowest BCUT2D eigenvalue weighted by atomic mass is 10.1. The average Bonchev–Trinajstić information content (AvgIpc) is 3.32. The minimum atomic E-state index is -0.959. The second-order valence-electron chi connectivity index (χ2n) is 9.05. The average molecular weight is 510 g/mol. The Bertz CT molecular complexity index is 846. The molecule has 2 rings (SSSR count). The van der Waals surface area contributed by atoms with Crippen molar-refractivity contribution < 1.29 is 24.0 Å². The van der Waals surface area contributed by atoms with Gasteiger partial charge in [0.05, 0.1) is 6.54 Å². The van der Waals surface area contributed by atoms with E-state index in [4.69, 9.17) is 17.2 Å². The van der Waals surface area contributed by atoms with Crippen LogP contribution in [0.25, 0.3) is 0 Å². The lowest BCUT2D eigenvalue weighted by Gasteiger charge is -2.29. The largest absolute Gasteiger partial charge is 0.370 e. The summed E-state index contributed by atoms with van der Waals surface area (Å²) in [6.45, 7) is 2.21. The predicted octanol–water partition coefficient (Wildman–Crippen LogP) is -3.24. The van der Waals surface area contributed by atoms with Crippen LogP contribution >= 0.6 is 0 Å². The number of nitrogens with zero attached hydrogens (tertiary/aromatic N) is 2. The van der Waals surface area contributed by atoms with Gasteiger partial charge in [-0.05, 0) is 58.4 Å². The highest BCUT2D eigenvalue weighted by Crippen LogP contribution is 2.19. The summed E-state index contributed by atoms with van der Waals surface area (Å²) >= 11 is 0. The van der Waals surface area contributed by atoms with Gasteiger partial charge in [-0.1, -0.05) is 0 Å². The van der Waals surface area contributed by atoms with E-state index < -0.39 is 53.7 Å². The van der Waals surface area contributed by atoms with Gasteiger partial charge in [0.1, 0.15) is 24.2 Å².